The van der Waals surface area contributed by atoms with Gasteiger partial charge in [-0.05, 0) is 49.2 Å². The van der Waals surface area contributed by atoms with Crippen molar-refractivity contribution in [2.24, 2.45) is 0 Å². The molecule has 0 bridgehead atoms. The predicted octanol–water partition coefficient (Wildman–Crippen LogP) is 2.06. The van der Waals surface area contributed by atoms with E-state index < -0.39 is 5.91 Å². The van der Waals surface area contributed by atoms with Crippen LogP contribution in [0.3, 0.4) is 0 Å². The zero-order valence-corrected chi connectivity index (χ0v) is 13.2. The zero-order valence-electron chi connectivity index (χ0n) is 13.2. The lowest BCUT2D eigenvalue weighted by Gasteiger charge is -2.09. The molecule has 0 saturated heterocycles. The Hall–Kier alpha value is -2.76. The first-order valence-corrected chi connectivity index (χ1v) is 7.34. The van der Waals surface area contributed by atoms with E-state index in [0.717, 1.165) is 16.9 Å². The molecular weight excluding hydrogens is 296 g/mol. The highest BCUT2D eigenvalue weighted by atomic mass is 16.5. The molecule has 6 nitrogen and oxygen atoms in total. The lowest BCUT2D eigenvalue weighted by atomic mass is 10.1. The fourth-order valence-corrected chi connectivity index (χ4v) is 2.09. The molecule has 2 N–H and O–H groups in total. The molecular formula is C17H20N2O4. The van der Waals surface area contributed by atoms with Crippen LogP contribution in [0, 0.1) is 13.8 Å². The average molecular weight is 316 g/mol. The molecule has 0 spiro atoms. The number of hydrogen-bond acceptors (Lipinski definition) is 4. The minimum absolute atomic E-state index is 0.165. The highest BCUT2D eigenvalue weighted by Gasteiger charge is 2.07. The Morgan fingerprint density at radius 3 is 2.43 bits per heavy atom. The first kappa shape index (κ1) is 16.6. The number of carbonyl (C=O) groups is 2. The Morgan fingerprint density at radius 1 is 1.09 bits per heavy atom. The average Bonchev–Trinajstić information content (AvgIpc) is 3.01. The SMILES string of the molecule is Cc1cc(C)cc(OCC(=O)NNC(=O)CCc2ccco2)c1. The van der Waals surface area contributed by atoms with Gasteiger partial charge >= 0.3 is 0 Å². The number of aryl methyl sites for hydroxylation is 3. The Bertz CT molecular complexity index is 645. The van der Waals surface area contributed by atoms with Gasteiger partial charge in [0.05, 0.1) is 6.26 Å². The number of amides is 2. The van der Waals surface area contributed by atoms with Crippen LogP contribution >= 0.6 is 0 Å². The molecule has 0 fully saturated rings. The molecule has 0 atom stereocenters. The summed E-state index contributed by atoms with van der Waals surface area (Å²) in [6.07, 6.45) is 2.26. The van der Waals surface area contributed by atoms with Crippen molar-refractivity contribution in [3.63, 3.8) is 0 Å². The molecule has 0 unspecified atom stereocenters. The molecule has 0 radical (unpaired) electrons. The number of ether oxygens (including phenoxy) is 1. The normalized spacial score (nSPS) is 10.2. The summed E-state index contributed by atoms with van der Waals surface area (Å²) in [5.74, 6) is 0.642. The van der Waals surface area contributed by atoms with Gasteiger partial charge in [-0.1, -0.05) is 6.07 Å². The van der Waals surface area contributed by atoms with E-state index in [1.807, 2.05) is 32.0 Å². The van der Waals surface area contributed by atoms with E-state index in [9.17, 15) is 9.59 Å². The van der Waals surface area contributed by atoms with Crippen LogP contribution in [0.2, 0.25) is 0 Å². The van der Waals surface area contributed by atoms with Gasteiger partial charge in [0.25, 0.3) is 5.91 Å². The number of hydrogen-bond donors (Lipinski definition) is 2. The second-order valence-electron chi connectivity index (χ2n) is 5.29. The van der Waals surface area contributed by atoms with Crippen LogP contribution in [0.5, 0.6) is 5.75 Å². The fraction of sp³-hybridized carbons (Fsp3) is 0.294. The topological polar surface area (TPSA) is 80.6 Å². The molecule has 122 valence electrons. The number of carbonyl (C=O) groups excluding carboxylic acids is 2. The van der Waals surface area contributed by atoms with E-state index in [0.29, 0.717) is 12.2 Å². The summed E-state index contributed by atoms with van der Waals surface area (Å²) in [4.78, 5) is 23.3. The van der Waals surface area contributed by atoms with E-state index >= 15 is 0 Å². The maximum absolute atomic E-state index is 11.7. The van der Waals surface area contributed by atoms with Gasteiger partial charge in [0, 0.05) is 12.8 Å². The smallest absolute Gasteiger partial charge is 0.276 e. The maximum Gasteiger partial charge on any atom is 0.276 e. The number of rotatable bonds is 6. The van der Waals surface area contributed by atoms with Crippen LogP contribution in [-0.2, 0) is 16.0 Å². The van der Waals surface area contributed by atoms with Crippen molar-refractivity contribution in [1.29, 1.82) is 0 Å². The zero-order chi connectivity index (χ0) is 16.7. The van der Waals surface area contributed by atoms with Crippen LogP contribution in [0.25, 0.3) is 0 Å². The van der Waals surface area contributed by atoms with Gasteiger partial charge in [-0.3, -0.25) is 20.4 Å². The van der Waals surface area contributed by atoms with Crippen LogP contribution in [0.4, 0.5) is 0 Å². The highest BCUT2D eigenvalue weighted by molar-refractivity contribution is 5.82. The first-order chi connectivity index (χ1) is 11.0. The predicted molar refractivity (Wildman–Crippen MR) is 84.7 cm³/mol. The molecule has 0 aliphatic carbocycles. The second kappa shape index (κ2) is 8.03. The lowest BCUT2D eigenvalue weighted by molar-refractivity contribution is -0.130. The van der Waals surface area contributed by atoms with Gasteiger partial charge in [0.15, 0.2) is 6.61 Å². The van der Waals surface area contributed by atoms with Gasteiger partial charge in [0.1, 0.15) is 11.5 Å². The number of benzene rings is 1. The van der Waals surface area contributed by atoms with E-state index in [2.05, 4.69) is 10.9 Å². The summed E-state index contributed by atoms with van der Waals surface area (Å²) in [5.41, 5.74) is 6.79. The third kappa shape index (κ3) is 5.86. The van der Waals surface area contributed by atoms with Crippen LogP contribution in [0.15, 0.2) is 41.0 Å². The third-order valence-corrected chi connectivity index (χ3v) is 3.09. The number of hydrazine groups is 1. The summed E-state index contributed by atoms with van der Waals surface area (Å²) in [6, 6.07) is 9.28. The van der Waals surface area contributed by atoms with Crippen molar-refractivity contribution in [2.75, 3.05) is 6.61 Å². The Morgan fingerprint density at radius 2 is 1.78 bits per heavy atom. The molecule has 2 amide bonds. The first-order valence-electron chi connectivity index (χ1n) is 7.34. The fourth-order valence-electron chi connectivity index (χ4n) is 2.09. The Labute approximate surface area is 134 Å². The quantitative estimate of drug-likeness (QED) is 0.799. The molecule has 1 heterocycles. The summed E-state index contributed by atoms with van der Waals surface area (Å²) < 4.78 is 10.5. The van der Waals surface area contributed by atoms with E-state index in [1.165, 1.54) is 0 Å². The summed E-state index contributed by atoms with van der Waals surface area (Å²) in [5, 5.41) is 0. The molecule has 0 aliphatic rings. The van der Waals surface area contributed by atoms with Crippen molar-refractivity contribution in [3.05, 3.63) is 53.5 Å². The molecule has 0 aliphatic heterocycles. The Balaban J connectivity index is 1.67. The summed E-state index contributed by atoms with van der Waals surface area (Å²) >= 11 is 0. The van der Waals surface area contributed by atoms with Gasteiger partial charge in [-0.15, -0.1) is 0 Å². The third-order valence-electron chi connectivity index (χ3n) is 3.09. The van der Waals surface area contributed by atoms with E-state index in [1.54, 1.807) is 18.4 Å². The molecule has 0 saturated carbocycles. The monoisotopic (exact) mass is 316 g/mol. The van der Waals surface area contributed by atoms with Gasteiger partial charge < -0.3 is 9.15 Å². The molecule has 1 aromatic carbocycles. The highest BCUT2D eigenvalue weighted by Crippen LogP contribution is 2.15. The molecule has 23 heavy (non-hydrogen) atoms. The largest absolute Gasteiger partial charge is 0.484 e. The summed E-state index contributed by atoms with van der Waals surface area (Å²) in [7, 11) is 0. The second-order valence-corrected chi connectivity index (χ2v) is 5.29. The molecule has 6 heteroatoms. The minimum Gasteiger partial charge on any atom is -0.484 e. The molecule has 2 rings (SSSR count). The van der Waals surface area contributed by atoms with Crippen molar-refractivity contribution in [2.45, 2.75) is 26.7 Å². The van der Waals surface area contributed by atoms with Gasteiger partial charge in [-0.2, -0.15) is 0 Å². The summed E-state index contributed by atoms with van der Waals surface area (Å²) in [6.45, 7) is 3.75. The Kier molecular flexibility index (Phi) is 5.80. The van der Waals surface area contributed by atoms with E-state index in [4.69, 9.17) is 9.15 Å². The van der Waals surface area contributed by atoms with Crippen molar-refractivity contribution < 1.29 is 18.7 Å². The van der Waals surface area contributed by atoms with Gasteiger partial charge in [0.2, 0.25) is 5.91 Å². The van der Waals surface area contributed by atoms with Crippen LogP contribution < -0.4 is 15.6 Å². The maximum atomic E-state index is 11.7. The van der Waals surface area contributed by atoms with Crippen molar-refractivity contribution >= 4 is 11.8 Å². The van der Waals surface area contributed by atoms with Crippen LogP contribution in [-0.4, -0.2) is 18.4 Å². The van der Waals surface area contributed by atoms with Gasteiger partial charge in [-0.25, -0.2) is 0 Å². The van der Waals surface area contributed by atoms with E-state index in [-0.39, 0.29) is 18.9 Å². The molecule has 1 aromatic heterocycles. The van der Waals surface area contributed by atoms with Crippen LogP contribution in [0.1, 0.15) is 23.3 Å². The number of furan rings is 1. The lowest BCUT2D eigenvalue weighted by Crippen LogP contribution is -2.43. The minimum atomic E-state index is -0.421. The van der Waals surface area contributed by atoms with Crippen molar-refractivity contribution in [1.82, 2.24) is 10.9 Å². The van der Waals surface area contributed by atoms with Crippen molar-refractivity contribution in [3.8, 4) is 5.75 Å². The standard InChI is InChI=1S/C17H20N2O4/c1-12-8-13(2)10-15(9-12)23-11-17(21)19-18-16(20)6-5-14-4-3-7-22-14/h3-4,7-10H,5-6,11H2,1-2H3,(H,18,20)(H,19,21). The molecule has 2 aromatic rings. The number of nitrogens with one attached hydrogen (secondary N) is 2.